The molecule has 0 spiro atoms. The summed E-state index contributed by atoms with van der Waals surface area (Å²) in [5.41, 5.74) is 3.32. The summed E-state index contributed by atoms with van der Waals surface area (Å²) >= 11 is 11.4. The van der Waals surface area contributed by atoms with Crippen molar-refractivity contribution in [1.29, 1.82) is 0 Å². The number of thiophene rings is 1. The maximum atomic E-state index is 6.35. The zero-order valence-electron chi connectivity index (χ0n) is 13.6. The van der Waals surface area contributed by atoms with Gasteiger partial charge in [-0.25, -0.2) is 5.01 Å². The molecular formula is C20H14BrClN2OS. The van der Waals surface area contributed by atoms with Gasteiger partial charge < -0.3 is 4.74 Å². The average Bonchev–Trinajstić information content (AvgIpc) is 3.32. The van der Waals surface area contributed by atoms with Gasteiger partial charge in [-0.15, -0.1) is 11.3 Å². The Hall–Kier alpha value is -1.82. The van der Waals surface area contributed by atoms with Gasteiger partial charge in [0.15, 0.2) is 0 Å². The molecule has 1 aromatic heterocycles. The van der Waals surface area contributed by atoms with Crippen molar-refractivity contribution in [3.05, 3.63) is 85.5 Å². The van der Waals surface area contributed by atoms with E-state index in [0.29, 0.717) is 0 Å². The molecule has 2 aliphatic rings. The second kappa shape index (κ2) is 6.41. The molecule has 0 aliphatic carbocycles. The van der Waals surface area contributed by atoms with Gasteiger partial charge in [-0.1, -0.05) is 45.7 Å². The number of rotatable bonds is 2. The molecule has 5 rings (SSSR count). The number of ether oxygens (including phenoxy) is 1. The van der Waals surface area contributed by atoms with Gasteiger partial charge >= 0.3 is 0 Å². The Labute approximate surface area is 169 Å². The minimum absolute atomic E-state index is 0.161. The van der Waals surface area contributed by atoms with Gasteiger partial charge in [-0.2, -0.15) is 5.10 Å². The molecule has 3 nitrogen and oxygen atoms in total. The van der Waals surface area contributed by atoms with Crippen molar-refractivity contribution in [2.75, 3.05) is 0 Å². The lowest BCUT2D eigenvalue weighted by Gasteiger charge is -2.38. The first-order chi connectivity index (χ1) is 12.7. The van der Waals surface area contributed by atoms with Crippen LogP contribution in [0.3, 0.4) is 0 Å². The second-order valence-corrected chi connectivity index (χ2v) is 8.63. The van der Waals surface area contributed by atoms with Crippen molar-refractivity contribution in [2.24, 2.45) is 5.10 Å². The number of fused-ring (bicyclic) bond motifs is 3. The molecule has 0 bridgehead atoms. The number of hydrogen-bond acceptors (Lipinski definition) is 4. The quantitative estimate of drug-likeness (QED) is 0.455. The van der Waals surface area contributed by atoms with Crippen LogP contribution in [0.25, 0.3) is 0 Å². The van der Waals surface area contributed by atoms with Crippen LogP contribution in [0.4, 0.5) is 0 Å². The molecule has 0 fully saturated rings. The van der Waals surface area contributed by atoms with Crippen LogP contribution in [0.1, 0.15) is 34.7 Å². The first-order valence-corrected chi connectivity index (χ1v) is 10.4. The fourth-order valence-corrected chi connectivity index (χ4v) is 4.72. The highest BCUT2D eigenvalue weighted by atomic mass is 79.9. The van der Waals surface area contributed by atoms with Crippen LogP contribution in [0, 0.1) is 0 Å². The summed E-state index contributed by atoms with van der Waals surface area (Å²) in [6.45, 7) is 0. The van der Waals surface area contributed by atoms with Gasteiger partial charge in [0.05, 0.1) is 16.6 Å². The zero-order valence-corrected chi connectivity index (χ0v) is 16.8. The zero-order chi connectivity index (χ0) is 17.7. The topological polar surface area (TPSA) is 24.8 Å². The first-order valence-electron chi connectivity index (χ1n) is 8.30. The lowest BCUT2D eigenvalue weighted by Crippen LogP contribution is -2.33. The molecule has 0 saturated heterocycles. The summed E-state index contributed by atoms with van der Waals surface area (Å²) in [6.07, 6.45) is 0.612. The van der Waals surface area contributed by atoms with Crippen LogP contribution in [0.2, 0.25) is 5.02 Å². The maximum absolute atomic E-state index is 6.35. The van der Waals surface area contributed by atoms with Crippen molar-refractivity contribution in [3.8, 4) is 5.75 Å². The molecule has 0 saturated carbocycles. The number of halogens is 2. The summed E-state index contributed by atoms with van der Waals surface area (Å²) in [7, 11) is 0. The fraction of sp³-hybridized carbons (Fsp3) is 0.150. The molecule has 3 heterocycles. The standard InChI is InChI=1S/C20H14BrClN2OS/c21-13-5-8-18-15(10-13)17-11-16(19-2-1-9-26-19)23-24(17)20(25-18)12-3-6-14(22)7-4-12/h1-10,17,20H,11H2. The van der Waals surface area contributed by atoms with Crippen molar-refractivity contribution in [1.82, 2.24) is 5.01 Å². The van der Waals surface area contributed by atoms with Gasteiger partial charge in [-0.05, 0) is 41.8 Å². The Morgan fingerprint density at radius 2 is 2.00 bits per heavy atom. The minimum Gasteiger partial charge on any atom is -0.464 e. The predicted molar refractivity (Wildman–Crippen MR) is 109 cm³/mol. The predicted octanol–water partition coefficient (Wildman–Crippen LogP) is 6.41. The molecule has 6 heteroatoms. The van der Waals surface area contributed by atoms with E-state index in [1.54, 1.807) is 11.3 Å². The minimum atomic E-state index is -0.261. The van der Waals surface area contributed by atoms with E-state index >= 15 is 0 Å². The van der Waals surface area contributed by atoms with Crippen molar-refractivity contribution >= 4 is 44.6 Å². The van der Waals surface area contributed by atoms with Crippen LogP contribution in [0.15, 0.2) is 69.6 Å². The molecule has 2 aliphatic heterocycles. The smallest absolute Gasteiger partial charge is 0.213 e. The highest BCUT2D eigenvalue weighted by molar-refractivity contribution is 9.10. The Balaban J connectivity index is 1.61. The number of hydrogen-bond donors (Lipinski definition) is 0. The number of hydrazone groups is 1. The van der Waals surface area contributed by atoms with E-state index in [4.69, 9.17) is 21.4 Å². The van der Waals surface area contributed by atoms with E-state index in [1.807, 2.05) is 36.4 Å². The summed E-state index contributed by atoms with van der Waals surface area (Å²) in [5.74, 6) is 0.914. The number of benzene rings is 2. The fourth-order valence-electron chi connectivity index (χ4n) is 3.50. The molecule has 130 valence electrons. The van der Waals surface area contributed by atoms with Crippen molar-refractivity contribution < 1.29 is 4.74 Å². The molecule has 0 N–H and O–H groups in total. The Bertz CT molecular complexity index is 988. The maximum Gasteiger partial charge on any atom is 0.213 e. The SMILES string of the molecule is Clc1ccc(C2Oc3ccc(Br)cc3C3CC(c4cccs4)=NN32)cc1. The van der Waals surface area contributed by atoms with Gasteiger partial charge in [0.2, 0.25) is 6.23 Å². The molecule has 0 radical (unpaired) electrons. The van der Waals surface area contributed by atoms with Crippen molar-refractivity contribution in [3.63, 3.8) is 0 Å². The summed E-state index contributed by atoms with van der Waals surface area (Å²) in [6, 6.07) is 18.3. The van der Waals surface area contributed by atoms with E-state index in [0.717, 1.165) is 32.9 Å². The van der Waals surface area contributed by atoms with Crippen LogP contribution in [0.5, 0.6) is 5.75 Å². The van der Waals surface area contributed by atoms with E-state index in [2.05, 4.69) is 44.5 Å². The van der Waals surface area contributed by atoms with E-state index in [1.165, 1.54) is 10.4 Å². The van der Waals surface area contributed by atoms with Crippen LogP contribution in [-0.4, -0.2) is 10.7 Å². The lowest BCUT2D eigenvalue weighted by molar-refractivity contribution is -0.0190. The Morgan fingerprint density at radius 1 is 1.15 bits per heavy atom. The second-order valence-electron chi connectivity index (χ2n) is 6.33. The van der Waals surface area contributed by atoms with Crippen LogP contribution in [-0.2, 0) is 0 Å². The third kappa shape index (κ3) is 2.75. The molecule has 2 atom stereocenters. The highest BCUT2D eigenvalue weighted by Gasteiger charge is 2.41. The third-order valence-electron chi connectivity index (χ3n) is 4.71. The van der Waals surface area contributed by atoms with E-state index < -0.39 is 0 Å². The molecular weight excluding hydrogens is 432 g/mol. The third-order valence-corrected chi connectivity index (χ3v) is 6.38. The Morgan fingerprint density at radius 3 is 2.77 bits per heavy atom. The lowest BCUT2D eigenvalue weighted by atomic mass is 9.98. The van der Waals surface area contributed by atoms with Gasteiger partial charge in [0, 0.05) is 27.0 Å². The summed E-state index contributed by atoms with van der Waals surface area (Å²) < 4.78 is 7.40. The normalized spacial score (nSPS) is 21.0. The van der Waals surface area contributed by atoms with E-state index in [-0.39, 0.29) is 12.3 Å². The van der Waals surface area contributed by atoms with Crippen LogP contribution < -0.4 is 4.74 Å². The summed E-state index contributed by atoms with van der Waals surface area (Å²) in [4.78, 5) is 1.21. The van der Waals surface area contributed by atoms with Crippen molar-refractivity contribution in [2.45, 2.75) is 18.7 Å². The Kier molecular flexibility index (Phi) is 4.03. The molecule has 2 aromatic carbocycles. The monoisotopic (exact) mass is 444 g/mol. The van der Waals surface area contributed by atoms with Crippen LogP contribution >= 0.6 is 38.9 Å². The summed E-state index contributed by atoms with van der Waals surface area (Å²) in [5, 5.41) is 9.85. The first kappa shape index (κ1) is 16.4. The largest absolute Gasteiger partial charge is 0.464 e. The molecule has 26 heavy (non-hydrogen) atoms. The molecule has 3 aromatic rings. The van der Waals surface area contributed by atoms with E-state index in [9.17, 15) is 0 Å². The molecule has 0 amide bonds. The number of nitrogens with zero attached hydrogens (tertiary/aromatic N) is 2. The van der Waals surface area contributed by atoms with Gasteiger partial charge in [0.1, 0.15) is 5.75 Å². The van der Waals surface area contributed by atoms with Gasteiger partial charge in [-0.3, -0.25) is 0 Å². The highest BCUT2D eigenvalue weighted by Crippen LogP contribution is 2.48. The molecule has 2 unspecified atom stereocenters. The van der Waals surface area contributed by atoms with Gasteiger partial charge in [0.25, 0.3) is 0 Å². The average molecular weight is 446 g/mol.